The van der Waals surface area contributed by atoms with Gasteiger partial charge in [-0.15, -0.1) is 0 Å². The van der Waals surface area contributed by atoms with E-state index in [0.29, 0.717) is 5.82 Å². The summed E-state index contributed by atoms with van der Waals surface area (Å²) in [7, 11) is 0. The van der Waals surface area contributed by atoms with Crippen LogP contribution >= 0.6 is 0 Å². The van der Waals surface area contributed by atoms with Crippen LogP contribution in [0.25, 0.3) is 111 Å². The topological polar surface area (TPSA) is 38.7 Å². The third-order valence-corrected chi connectivity index (χ3v) is 11.1. The maximum atomic E-state index is 5.30. The van der Waals surface area contributed by atoms with Gasteiger partial charge in [0.2, 0.25) is 0 Å². The zero-order valence-electron chi connectivity index (χ0n) is 30.4. The lowest BCUT2D eigenvalue weighted by Crippen LogP contribution is -1.96. The van der Waals surface area contributed by atoms with E-state index in [9.17, 15) is 0 Å². The molecule has 0 saturated heterocycles. The van der Waals surface area contributed by atoms with Crippen LogP contribution in [-0.2, 0) is 0 Å². The van der Waals surface area contributed by atoms with Crippen LogP contribution in [0, 0.1) is 0 Å². The Kier molecular flexibility index (Phi) is 7.49. The summed E-state index contributed by atoms with van der Waals surface area (Å²) >= 11 is 0. The van der Waals surface area contributed by atoms with E-state index in [1.54, 1.807) is 0 Å². The van der Waals surface area contributed by atoms with Gasteiger partial charge in [0.05, 0.1) is 11.4 Å². The number of fused-ring (bicyclic) bond motifs is 4. The van der Waals surface area contributed by atoms with Gasteiger partial charge in [-0.05, 0) is 95.4 Å². The molecule has 0 amide bonds. The molecular weight excluding hydrogens is 679 g/mol. The Balaban J connectivity index is 1.17. The molecule has 0 saturated carbocycles. The van der Waals surface area contributed by atoms with E-state index in [2.05, 4.69) is 163 Å². The number of hydrogen-bond donors (Lipinski definition) is 0. The van der Waals surface area contributed by atoms with Gasteiger partial charge >= 0.3 is 0 Å². The Morgan fingerprint density at radius 2 is 0.768 bits per heavy atom. The van der Waals surface area contributed by atoms with Crippen molar-refractivity contribution in [2.24, 2.45) is 0 Å². The predicted molar refractivity (Wildman–Crippen MR) is 232 cm³/mol. The third kappa shape index (κ3) is 5.17. The number of benzene rings is 8. The minimum atomic E-state index is 0.701. The summed E-state index contributed by atoms with van der Waals surface area (Å²) in [5.74, 6) is 0.701. The van der Waals surface area contributed by atoms with Crippen LogP contribution in [0.2, 0.25) is 0 Å². The van der Waals surface area contributed by atoms with Gasteiger partial charge in [-0.3, -0.25) is 4.98 Å². The van der Waals surface area contributed by atoms with Gasteiger partial charge in [0.25, 0.3) is 0 Å². The molecule has 0 bridgehead atoms. The molecule has 260 valence electrons. The number of nitrogens with zero attached hydrogens (tertiary/aromatic N) is 3. The van der Waals surface area contributed by atoms with Gasteiger partial charge in [0.1, 0.15) is 0 Å². The molecule has 1 aliphatic carbocycles. The van der Waals surface area contributed by atoms with Gasteiger partial charge in [0.15, 0.2) is 5.82 Å². The highest BCUT2D eigenvalue weighted by atomic mass is 14.9. The first-order valence-corrected chi connectivity index (χ1v) is 19.0. The normalized spacial score (nSPS) is 11.6. The lowest BCUT2D eigenvalue weighted by molar-refractivity contribution is 1.18. The van der Waals surface area contributed by atoms with Gasteiger partial charge in [-0.25, -0.2) is 9.97 Å². The first-order valence-electron chi connectivity index (χ1n) is 19.0. The fraction of sp³-hybridized carbons (Fsp3) is 0. The van der Waals surface area contributed by atoms with Crippen LogP contribution in [0.15, 0.2) is 200 Å². The first-order chi connectivity index (χ1) is 27.8. The molecule has 0 unspecified atom stereocenters. The first kappa shape index (κ1) is 32.0. The molecule has 11 rings (SSSR count). The van der Waals surface area contributed by atoms with Crippen LogP contribution < -0.4 is 0 Å². The standard InChI is InChI=1S/C53H33N3/c1-4-13-37(14-5-1)48-42-19-10-11-20-43(42)49(38-15-6-2-7-16-38)52-45-28-27-40(41-21-12-22-44(50(41)45)51(48)52)47-33-46(55-53(56-47)39-17-8-3-9-18-39)36-25-23-34(24-26-36)35-29-31-54-32-30-35/h1-33H. The zero-order chi connectivity index (χ0) is 37.0. The van der Waals surface area contributed by atoms with E-state index in [4.69, 9.17) is 9.97 Å². The van der Waals surface area contributed by atoms with Crippen LogP contribution in [0.5, 0.6) is 0 Å². The highest BCUT2D eigenvalue weighted by molar-refractivity contribution is 6.28. The highest BCUT2D eigenvalue weighted by Gasteiger charge is 2.31. The molecule has 0 fully saturated rings. The number of aromatic nitrogens is 3. The number of hydrogen-bond acceptors (Lipinski definition) is 3. The third-order valence-electron chi connectivity index (χ3n) is 11.1. The molecule has 8 aromatic carbocycles. The average molecular weight is 712 g/mol. The van der Waals surface area contributed by atoms with Crippen molar-refractivity contribution in [2.45, 2.75) is 0 Å². The van der Waals surface area contributed by atoms with Gasteiger partial charge in [0, 0.05) is 29.1 Å². The van der Waals surface area contributed by atoms with Crippen molar-refractivity contribution in [3.8, 4) is 89.5 Å². The SMILES string of the molecule is c1ccc(-c2nc(-c3ccc(-c4ccncc4)cc3)cc(-c3ccc4c5c(cccc35)-c3c-4c(-c4ccccc4)c4ccccc4c3-c3ccccc3)n2)cc1. The maximum Gasteiger partial charge on any atom is 0.160 e. The second-order valence-corrected chi connectivity index (χ2v) is 14.3. The summed E-state index contributed by atoms with van der Waals surface area (Å²) in [5, 5.41) is 4.94. The van der Waals surface area contributed by atoms with Crippen LogP contribution in [0.3, 0.4) is 0 Å². The van der Waals surface area contributed by atoms with E-state index >= 15 is 0 Å². The fourth-order valence-corrected chi connectivity index (χ4v) is 8.66. The number of pyridine rings is 1. The van der Waals surface area contributed by atoms with Crippen LogP contribution in [-0.4, -0.2) is 15.0 Å². The molecular formula is C53H33N3. The summed E-state index contributed by atoms with van der Waals surface area (Å²) in [5.41, 5.74) is 17.2. The van der Waals surface area contributed by atoms with E-state index in [1.807, 2.05) is 42.7 Å². The molecule has 0 radical (unpaired) electrons. The molecule has 56 heavy (non-hydrogen) atoms. The van der Waals surface area contributed by atoms with Crippen LogP contribution in [0.1, 0.15) is 0 Å². The van der Waals surface area contributed by atoms with Crippen molar-refractivity contribution in [1.29, 1.82) is 0 Å². The van der Waals surface area contributed by atoms with Crippen molar-refractivity contribution < 1.29 is 0 Å². The Morgan fingerprint density at radius 3 is 1.39 bits per heavy atom. The molecule has 0 atom stereocenters. The van der Waals surface area contributed by atoms with Crippen molar-refractivity contribution in [3.05, 3.63) is 200 Å². The predicted octanol–water partition coefficient (Wildman–Crippen LogP) is 13.8. The lowest BCUT2D eigenvalue weighted by Gasteiger charge is -2.20. The Hall–Kier alpha value is -7.49. The average Bonchev–Trinajstić information content (AvgIpc) is 3.61. The smallest absolute Gasteiger partial charge is 0.160 e. The summed E-state index contributed by atoms with van der Waals surface area (Å²) < 4.78 is 0. The molecule has 3 heteroatoms. The zero-order valence-corrected chi connectivity index (χ0v) is 30.4. The number of rotatable bonds is 6. The Labute approximate surface area is 325 Å². The highest BCUT2D eigenvalue weighted by Crippen LogP contribution is 2.58. The summed E-state index contributed by atoms with van der Waals surface area (Å²) in [6.45, 7) is 0. The summed E-state index contributed by atoms with van der Waals surface area (Å²) in [6, 6.07) is 67.2. The van der Waals surface area contributed by atoms with E-state index in [0.717, 1.165) is 39.2 Å². The lowest BCUT2D eigenvalue weighted by atomic mass is 9.82. The Bertz CT molecular complexity index is 2990. The minimum Gasteiger partial charge on any atom is -0.265 e. The van der Waals surface area contributed by atoms with Gasteiger partial charge in [-0.2, -0.15) is 0 Å². The van der Waals surface area contributed by atoms with Crippen molar-refractivity contribution in [2.75, 3.05) is 0 Å². The maximum absolute atomic E-state index is 5.30. The molecule has 2 heterocycles. The van der Waals surface area contributed by atoms with E-state index < -0.39 is 0 Å². The molecule has 0 aliphatic heterocycles. The molecule has 1 aliphatic rings. The molecule has 3 nitrogen and oxygen atoms in total. The van der Waals surface area contributed by atoms with E-state index in [1.165, 1.54) is 66.1 Å². The van der Waals surface area contributed by atoms with Crippen LogP contribution in [0.4, 0.5) is 0 Å². The van der Waals surface area contributed by atoms with Crippen molar-refractivity contribution >= 4 is 21.5 Å². The fourth-order valence-electron chi connectivity index (χ4n) is 8.66. The minimum absolute atomic E-state index is 0.701. The van der Waals surface area contributed by atoms with Gasteiger partial charge in [-0.1, -0.05) is 170 Å². The van der Waals surface area contributed by atoms with Crippen molar-refractivity contribution in [1.82, 2.24) is 15.0 Å². The summed E-state index contributed by atoms with van der Waals surface area (Å²) in [6.07, 6.45) is 3.66. The second-order valence-electron chi connectivity index (χ2n) is 14.3. The largest absolute Gasteiger partial charge is 0.265 e. The molecule has 2 aromatic heterocycles. The van der Waals surface area contributed by atoms with E-state index in [-0.39, 0.29) is 0 Å². The van der Waals surface area contributed by atoms with Gasteiger partial charge < -0.3 is 0 Å². The molecule has 0 N–H and O–H groups in total. The monoisotopic (exact) mass is 711 g/mol. The quantitative estimate of drug-likeness (QED) is 0.172. The van der Waals surface area contributed by atoms with Crippen molar-refractivity contribution in [3.63, 3.8) is 0 Å². The Morgan fingerprint density at radius 1 is 0.286 bits per heavy atom. The summed E-state index contributed by atoms with van der Waals surface area (Å²) in [4.78, 5) is 14.7. The second kappa shape index (κ2) is 13.1. The molecule has 0 spiro atoms. The molecule has 10 aromatic rings.